The molecule has 2 aliphatic rings. The van der Waals surface area contributed by atoms with Crippen molar-refractivity contribution in [2.45, 2.75) is 63.6 Å². The van der Waals surface area contributed by atoms with Gasteiger partial charge in [0.2, 0.25) is 5.91 Å². The first-order chi connectivity index (χ1) is 14.8. The van der Waals surface area contributed by atoms with E-state index in [0.717, 1.165) is 31.2 Å². The fraction of sp³-hybridized carbons (Fsp3) is 0.500. The van der Waals surface area contributed by atoms with E-state index in [1.807, 2.05) is 40.1 Å². The molecule has 3 heterocycles. The summed E-state index contributed by atoms with van der Waals surface area (Å²) in [6.45, 7) is 4.46. The van der Waals surface area contributed by atoms with Crippen molar-refractivity contribution in [1.29, 1.82) is 0 Å². The number of likely N-dealkylation sites (tertiary alicyclic amines) is 2. The summed E-state index contributed by atoms with van der Waals surface area (Å²) in [4.78, 5) is 42.2. The number of hydrogen-bond acceptors (Lipinski definition) is 4. The number of amides is 2. The van der Waals surface area contributed by atoms with Crippen molar-refractivity contribution >= 4 is 11.8 Å². The molecule has 0 unspecified atom stereocenters. The molecule has 4 rings (SSSR count). The third-order valence-electron chi connectivity index (χ3n) is 6.95. The number of carbonyl (C=O) groups is 2. The molecule has 7 nitrogen and oxygen atoms in total. The number of hydrogen-bond donors (Lipinski definition) is 0. The molecule has 1 aromatic heterocycles. The quantitative estimate of drug-likeness (QED) is 0.746. The molecule has 2 saturated heterocycles. The molecule has 7 heteroatoms. The van der Waals surface area contributed by atoms with Crippen LogP contribution in [0.15, 0.2) is 47.3 Å². The minimum Gasteiger partial charge on any atom is -0.335 e. The normalized spacial score (nSPS) is 26.2. The lowest BCUT2D eigenvalue weighted by molar-refractivity contribution is -0.136. The Labute approximate surface area is 182 Å². The van der Waals surface area contributed by atoms with E-state index in [1.165, 1.54) is 16.8 Å². The smallest absolute Gasteiger partial charge is 0.275 e. The van der Waals surface area contributed by atoms with E-state index in [9.17, 15) is 14.4 Å². The zero-order valence-corrected chi connectivity index (χ0v) is 18.5. The topological polar surface area (TPSA) is 75.5 Å². The van der Waals surface area contributed by atoms with Crippen LogP contribution in [0.3, 0.4) is 0 Å². The molecule has 0 saturated carbocycles. The zero-order valence-electron chi connectivity index (χ0n) is 18.5. The Bertz CT molecular complexity index is 1030. The maximum atomic E-state index is 13.8. The van der Waals surface area contributed by atoms with Crippen molar-refractivity contribution in [3.05, 3.63) is 64.1 Å². The third kappa shape index (κ3) is 3.77. The summed E-state index contributed by atoms with van der Waals surface area (Å²) in [6, 6.07) is 12.6. The number of rotatable bonds is 2. The van der Waals surface area contributed by atoms with Crippen molar-refractivity contribution in [1.82, 2.24) is 19.6 Å². The van der Waals surface area contributed by atoms with Crippen LogP contribution >= 0.6 is 0 Å². The summed E-state index contributed by atoms with van der Waals surface area (Å²) >= 11 is 0. The first-order valence-corrected chi connectivity index (χ1v) is 11.0. The molecule has 0 bridgehead atoms. The molecule has 0 N–H and O–H groups in total. The van der Waals surface area contributed by atoms with Crippen molar-refractivity contribution < 1.29 is 9.59 Å². The number of carbonyl (C=O) groups excluding carboxylic acids is 2. The van der Waals surface area contributed by atoms with Crippen molar-refractivity contribution in [3.63, 3.8) is 0 Å². The summed E-state index contributed by atoms with van der Waals surface area (Å²) in [7, 11) is 1.55. The van der Waals surface area contributed by atoms with Gasteiger partial charge in [0.05, 0.1) is 17.6 Å². The molecule has 2 aliphatic heterocycles. The predicted molar refractivity (Wildman–Crippen MR) is 117 cm³/mol. The van der Waals surface area contributed by atoms with Crippen LogP contribution in [-0.2, 0) is 11.8 Å². The average molecular weight is 423 g/mol. The van der Waals surface area contributed by atoms with Gasteiger partial charge in [-0.2, -0.15) is 5.10 Å². The Hall–Kier alpha value is -2.96. The Balaban J connectivity index is 1.83. The minimum absolute atomic E-state index is 0.0516. The van der Waals surface area contributed by atoms with Gasteiger partial charge in [0, 0.05) is 26.6 Å². The Morgan fingerprint density at radius 2 is 1.81 bits per heavy atom. The van der Waals surface area contributed by atoms with E-state index >= 15 is 0 Å². The Morgan fingerprint density at radius 1 is 1.06 bits per heavy atom. The van der Waals surface area contributed by atoms with Crippen molar-refractivity contribution in [2.75, 3.05) is 6.54 Å². The highest BCUT2D eigenvalue weighted by molar-refractivity contribution is 5.93. The zero-order chi connectivity index (χ0) is 22.2. The van der Waals surface area contributed by atoms with Gasteiger partial charge in [-0.25, -0.2) is 4.68 Å². The second-order valence-corrected chi connectivity index (χ2v) is 8.92. The Kier molecular flexibility index (Phi) is 5.69. The minimum atomic E-state index is -0.455. The maximum absolute atomic E-state index is 13.8. The number of fused-ring (bicyclic) bond motifs is 1. The van der Waals surface area contributed by atoms with Gasteiger partial charge < -0.3 is 9.80 Å². The maximum Gasteiger partial charge on any atom is 0.275 e. The second-order valence-electron chi connectivity index (χ2n) is 8.92. The van der Waals surface area contributed by atoms with E-state index in [2.05, 4.69) is 12.0 Å². The molecule has 0 spiro atoms. The lowest BCUT2D eigenvalue weighted by Crippen LogP contribution is -2.58. The molecule has 0 radical (unpaired) electrons. The molecule has 2 amide bonds. The summed E-state index contributed by atoms with van der Waals surface area (Å²) in [6.07, 6.45) is 4.54. The SMILES string of the molecule is CC(=O)N1CCCCC[C@@H]2N(C(=O)c3ccc(=O)n(C)n3)[C@H](c3ccccc3)C[C@@]21C. The number of aryl methyl sites for hydroxylation is 1. The van der Waals surface area contributed by atoms with Crippen LogP contribution in [-0.4, -0.2) is 49.5 Å². The summed E-state index contributed by atoms with van der Waals surface area (Å²) in [5, 5.41) is 4.23. The molecule has 164 valence electrons. The second kappa shape index (κ2) is 8.29. The van der Waals surface area contributed by atoms with Gasteiger partial charge in [-0.05, 0) is 37.8 Å². The van der Waals surface area contributed by atoms with Crippen LogP contribution in [0.5, 0.6) is 0 Å². The molecule has 31 heavy (non-hydrogen) atoms. The first-order valence-electron chi connectivity index (χ1n) is 11.0. The number of benzene rings is 1. The lowest BCUT2D eigenvalue weighted by atomic mass is 9.83. The van der Waals surface area contributed by atoms with Crippen LogP contribution in [0.4, 0.5) is 0 Å². The predicted octanol–water partition coefficient (Wildman–Crippen LogP) is 2.92. The van der Waals surface area contributed by atoms with Gasteiger partial charge in [-0.3, -0.25) is 14.4 Å². The average Bonchev–Trinajstić information content (AvgIpc) is 3.03. The van der Waals surface area contributed by atoms with Gasteiger partial charge in [0.25, 0.3) is 11.5 Å². The fourth-order valence-corrected chi connectivity index (χ4v) is 5.43. The van der Waals surface area contributed by atoms with Crippen LogP contribution in [0, 0.1) is 0 Å². The van der Waals surface area contributed by atoms with Crippen LogP contribution in [0.25, 0.3) is 0 Å². The molecular formula is C24H30N4O3. The van der Waals surface area contributed by atoms with Gasteiger partial charge in [-0.1, -0.05) is 43.2 Å². The first kappa shape index (κ1) is 21.3. The third-order valence-corrected chi connectivity index (χ3v) is 6.95. The number of nitrogens with zero attached hydrogens (tertiary/aromatic N) is 4. The largest absolute Gasteiger partial charge is 0.335 e. The monoisotopic (exact) mass is 422 g/mol. The lowest BCUT2D eigenvalue weighted by Gasteiger charge is -2.45. The van der Waals surface area contributed by atoms with Gasteiger partial charge in [-0.15, -0.1) is 0 Å². The fourth-order valence-electron chi connectivity index (χ4n) is 5.43. The Morgan fingerprint density at radius 3 is 2.48 bits per heavy atom. The summed E-state index contributed by atoms with van der Waals surface area (Å²) in [5.41, 5.74) is 0.597. The molecule has 2 aromatic rings. The highest BCUT2D eigenvalue weighted by Crippen LogP contribution is 2.48. The summed E-state index contributed by atoms with van der Waals surface area (Å²) < 4.78 is 1.19. The van der Waals surface area contributed by atoms with E-state index in [0.29, 0.717) is 13.0 Å². The van der Waals surface area contributed by atoms with Crippen LogP contribution in [0.1, 0.15) is 68.0 Å². The van der Waals surface area contributed by atoms with Crippen LogP contribution in [0.2, 0.25) is 0 Å². The molecule has 1 aromatic carbocycles. The standard InChI is InChI=1S/C24H30N4O3/c1-17(29)27-15-9-5-8-12-21-24(27,2)16-20(18-10-6-4-7-11-18)28(21)23(31)19-13-14-22(30)26(3)25-19/h4,6-7,10-11,13-14,20-21H,5,8-9,12,15-16H2,1-3H3/t20-,21-,24-/m0/s1. The number of aromatic nitrogens is 2. The van der Waals surface area contributed by atoms with E-state index in [1.54, 1.807) is 14.0 Å². The summed E-state index contributed by atoms with van der Waals surface area (Å²) in [5.74, 6) is -0.141. The van der Waals surface area contributed by atoms with E-state index < -0.39 is 5.54 Å². The highest BCUT2D eigenvalue weighted by Gasteiger charge is 2.55. The molecular weight excluding hydrogens is 392 g/mol. The van der Waals surface area contributed by atoms with Crippen LogP contribution < -0.4 is 5.56 Å². The van der Waals surface area contributed by atoms with E-state index in [-0.39, 0.29) is 35.2 Å². The molecule has 0 aliphatic carbocycles. The molecule has 2 fully saturated rings. The van der Waals surface area contributed by atoms with Gasteiger partial charge in [0.15, 0.2) is 0 Å². The van der Waals surface area contributed by atoms with Gasteiger partial charge >= 0.3 is 0 Å². The van der Waals surface area contributed by atoms with Crippen molar-refractivity contribution in [3.8, 4) is 0 Å². The van der Waals surface area contributed by atoms with E-state index in [4.69, 9.17) is 0 Å². The highest BCUT2D eigenvalue weighted by atomic mass is 16.2. The molecule has 3 atom stereocenters. The van der Waals surface area contributed by atoms with Crippen molar-refractivity contribution in [2.24, 2.45) is 7.05 Å². The van der Waals surface area contributed by atoms with Gasteiger partial charge in [0.1, 0.15) is 5.69 Å².